The Labute approximate surface area is 107 Å². The quantitative estimate of drug-likeness (QED) is 0.552. The van der Waals surface area contributed by atoms with Crippen LogP contribution in [-0.4, -0.2) is 16.7 Å². The predicted molar refractivity (Wildman–Crippen MR) is 70.4 cm³/mol. The van der Waals surface area contributed by atoms with Gasteiger partial charge in [0.2, 0.25) is 0 Å². The van der Waals surface area contributed by atoms with E-state index in [1.165, 1.54) is 22.6 Å². The number of carbonyl (C=O) groups is 2. The SMILES string of the molecule is CC/C1=C/C(N2C(=O)C=CC2=O)=C\C(C)/C=C\C1. The molecule has 0 radical (unpaired) electrons. The Hall–Kier alpha value is -1.90. The molecule has 1 atom stereocenters. The van der Waals surface area contributed by atoms with Crippen LogP contribution in [0.4, 0.5) is 0 Å². The Kier molecular flexibility index (Phi) is 3.60. The highest BCUT2D eigenvalue weighted by Crippen LogP contribution is 2.22. The van der Waals surface area contributed by atoms with Crippen LogP contribution in [0.15, 0.2) is 47.7 Å². The van der Waals surface area contributed by atoms with Gasteiger partial charge in [0.15, 0.2) is 0 Å². The lowest BCUT2D eigenvalue weighted by atomic mass is 10.0. The summed E-state index contributed by atoms with van der Waals surface area (Å²) >= 11 is 0. The predicted octanol–water partition coefficient (Wildman–Crippen LogP) is 2.73. The molecular formula is C15H17NO2. The van der Waals surface area contributed by atoms with Crippen molar-refractivity contribution in [2.45, 2.75) is 26.7 Å². The summed E-state index contributed by atoms with van der Waals surface area (Å²) in [7, 11) is 0. The van der Waals surface area contributed by atoms with Gasteiger partial charge in [-0.15, -0.1) is 0 Å². The Balaban J connectivity index is 2.39. The Morgan fingerprint density at radius 1 is 1.28 bits per heavy atom. The molecule has 0 spiro atoms. The van der Waals surface area contributed by atoms with Crippen LogP contribution in [0, 0.1) is 5.92 Å². The fourth-order valence-corrected chi connectivity index (χ4v) is 2.12. The molecule has 0 fully saturated rings. The minimum absolute atomic E-state index is 0.218. The molecule has 2 amide bonds. The molecule has 0 bridgehead atoms. The molecule has 0 aromatic rings. The molecule has 1 unspecified atom stereocenters. The van der Waals surface area contributed by atoms with Crippen molar-refractivity contribution in [2.24, 2.45) is 5.92 Å². The van der Waals surface area contributed by atoms with Gasteiger partial charge < -0.3 is 0 Å². The highest BCUT2D eigenvalue weighted by atomic mass is 16.2. The third-order valence-corrected chi connectivity index (χ3v) is 3.13. The number of imide groups is 1. The molecule has 0 aromatic heterocycles. The van der Waals surface area contributed by atoms with E-state index >= 15 is 0 Å². The first kappa shape index (κ1) is 12.6. The fraction of sp³-hybridized carbons (Fsp3) is 0.333. The molecule has 3 heteroatoms. The summed E-state index contributed by atoms with van der Waals surface area (Å²) in [4.78, 5) is 24.7. The number of amides is 2. The molecule has 1 heterocycles. The number of hydrogen-bond donors (Lipinski definition) is 0. The number of carbonyl (C=O) groups excluding carboxylic acids is 2. The molecule has 94 valence electrons. The van der Waals surface area contributed by atoms with Crippen LogP contribution in [0.3, 0.4) is 0 Å². The highest BCUT2D eigenvalue weighted by Gasteiger charge is 2.26. The minimum Gasteiger partial charge on any atom is -0.269 e. The lowest BCUT2D eigenvalue weighted by Crippen LogP contribution is -2.29. The van der Waals surface area contributed by atoms with Gasteiger partial charge in [-0.1, -0.05) is 37.6 Å². The Morgan fingerprint density at radius 2 is 1.94 bits per heavy atom. The molecule has 1 aliphatic carbocycles. The lowest BCUT2D eigenvalue weighted by Gasteiger charge is -2.19. The monoisotopic (exact) mass is 243 g/mol. The van der Waals surface area contributed by atoms with E-state index in [0.717, 1.165) is 12.8 Å². The van der Waals surface area contributed by atoms with Crippen molar-refractivity contribution in [3.05, 3.63) is 47.7 Å². The molecule has 1 aliphatic heterocycles. The van der Waals surface area contributed by atoms with E-state index in [-0.39, 0.29) is 17.7 Å². The highest BCUT2D eigenvalue weighted by molar-refractivity contribution is 6.14. The molecule has 0 saturated heterocycles. The summed E-state index contributed by atoms with van der Waals surface area (Å²) in [6.07, 6.45) is 12.6. The Morgan fingerprint density at radius 3 is 2.56 bits per heavy atom. The molecule has 3 nitrogen and oxygen atoms in total. The minimum atomic E-state index is -0.255. The standard InChI is InChI=1S/C15H17NO2/c1-3-12-6-4-5-11(2)9-13(10-12)16-14(17)7-8-15(16)18/h4-5,7-11H,3,6H2,1-2H3/b5-4-,12-10-,13-9+. The van der Waals surface area contributed by atoms with Gasteiger partial charge in [0.05, 0.1) is 0 Å². The number of nitrogens with zero attached hydrogens (tertiary/aromatic N) is 1. The maximum Gasteiger partial charge on any atom is 0.258 e. The van der Waals surface area contributed by atoms with Crippen molar-refractivity contribution >= 4 is 11.8 Å². The first-order valence-corrected chi connectivity index (χ1v) is 6.26. The van der Waals surface area contributed by atoms with Gasteiger partial charge in [-0.05, 0) is 24.8 Å². The number of hydrogen-bond acceptors (Lipinski definition) is 2. The smallest absolute Gasteiger partial charge is 0.258 e. The normalized spacial score (nSPS) is 31.4. The van der Waals surface area contributed by atoms with E-state index < -0.39 is 0 Å². The van der Waals surface area contributed by atoms with E-state index in [1.54, 1.807) is 0 Å². The van der Waals surface area contributed by atoms with Crippen LogP contribution >= 0.6 is 0 Å². The van der Waals surface area contributed by atoms with E-state index in [0.29, 0.717) is 5.70 Å². The van der Waals surface area contributed by atoms with Gasteiger partial charge in [0.1, 0.15) is 0 Å². The van der Waals surface area contributed by atoms with Crippen molar-refractivity contribution in [1.29, 1.82) is 0 Å². The molecule has 18 heavy (non-hydrogen) atoms. The molecule has 0 saturated carbocycles. The van der Waals surface area contributed by atoms with Crippen molar-refractivity contribution < 1.29 is 9.59 Å². The molecule has 0 N–H and O–H groups in total. The second-order valence-electron chi connectivity index (χ2n) is 4.58. The van der Waals surface area contributed by atoms with E-state index in [4.69, 9.17) is 0 Å². The van der Waals surface area contributed by atoms with Crippen molar-refractivity contribution in [3.8, 4) is 0 Å². The average molecular weight is 243 g/mol. The summed E-state index contributed by atoms with van der Waals surface area (Å²) in [6, 6.07) is 0. The van der Waals surface area contributed by atoms with Gasteiger partial charge in [-0.25, -0.2) is 4.90 Å². The zero-order valence-corrected chi connectivity index (χ0v) is 10.7. The van der Waals surface area contributed by atoms with Crippen LogP contribution in [0.5, 0.6) is 0 Å². The van der Waals surface area contributed by atoms with Crippen molar-refractivity contribution in [1.82, 2.24) is 4.90 Å². The van der Waals surface area contributed by atoms with Crippen LogP contribution in [0.25, 0.3) is 0 Å². The largest absolute Gasteiger partial charge is 0.269 e. The van der Waals surface area contributed by atoms with Crippen LogP contribution in [0.2, 0.25) is 0 Å². The Bertz CT molecular complexity index is 477. The van der Waals surface area contributed by atoms with E-state index in [2.05, 4.69) is 19.1 Å². The maximum atomic E-state index is 11.7. The van der Waals surface area contributed by atoms with Crippen LogP contribution in [-0.2, 0) is 9.59 Å². The van der Waals surface area contributed by atoms with Gasteiger partial charge in [0, 0.05) is 17.8 Å². The van der Waals surface area contributed by atoms with Gasteiger partial charge in [0.25, 0.3) is 11.8 Å². The van der Waals surface area contributed by atoms with E-state index in [9.17, 15) is 9.59 Å². The summed E-state index contributed by atoms with van der Waals surface area (Å²) in [5.74, 6) is -0.291. The number of allylic oxidation sites excluding steroid dienone is 5. The van der Waals surface area contributed by atoms with Gasteiger partial charge in [-0.3, -0.25) is 9.59 Å². The first-order valence-electron chi connectivity index (χ1n) is 6.26. The van der Waals surface area contributed by atoms with Gasteiger partial charge in [-0.2, -0.15) is 0 Å². The summed E-state index contributed by atoms with van der Waals surface area (Å²) in [5, 5.41) is 0. The molecule has 0 aromatic carbocycles. The second-order valence-corrected chi connectivity index (χ2v) is 4.58. The zero-order valence-electron chi connectivity index (χ0n) is 10.7. The van der Waals surface area contributed by atoms with Crippen LogP contribution in [0.1, 0.15) is 26.7 Å². The molecule has 2 rings (SSSR count). The van der Waals surface area contributed by atoms with Crippen molar-refractivity contribution in [2.75, 3.05) is 0 Å². The van der Waals surface area contributed by atoms with Gasteiger partial charge >= 0.3 is 0 Å². The second kappa shape index (κ2) is 5.17. The zero-order chi connectivity index (χ0) is 13.1. The molecular weight excluding hydrogens is 226 g/mol. The fourth-order valence-electron chi connectivity index (χ4n) is 2.12. The lowest BCUT2D eigenvalue weighted by molar-refractivity contribution is -0.134. The topological polar surface area (TPSA) is 37.4 Å². The number of rotatable bonds is 2. The van der Waals surface area contributed by atoms with E-state index in [1.807, 2.05) is 19.1 Å². The summed E-state index contributed by atoms with van der Waals surface area (Å²) in [6.45, 7) is 4.12. The molecule has 2 aliphatic rings. The van der Waals surface area contributed by atoms with Crippen molar-refractivity contribution in [3.63, 3.8) is 0 Å². The maximum absolute atomic E-state index is 11.7. The average Bonchev–Trinajstić information content (AvgIpc) is 2.64. The first-order chi connectivity index (χ1) is 8.61. The summed E-state index contributed by atoms with van der Waals surface area (Å²) in [5.41, 5.74) is 1.92. The third kappa shape index (κ3) is 2.50. The van der Waals surface area contributed by atoms with Crippen LogP contribution < -0.4 is 0 Å². The third-order valence-electron chi connectivity index (χ3n) is 3.13. The summed E-state index contributed by atoms with van der Waals surface area (Å²) < 4.78 is 0.